The molecule has 228 valence electrons. The summed E-state index contributed by atoms with van der Waals surface area (Å²) in [5, 5.41) is 7.99. The first-order chi connectivity index (χ1) is 22.4. The van der Waals surface area contributed by atoms with E-state index in [0.29, 0.717) is 22.5 Å². The topological polar surface area (TPSA) is 104 Å². The van der Waals surface area contributed by atoms with Crippen LogP contribution in [0.4, 0.5) is 11.4 Å². The second kappa shape index (κ2) is 15.3. The van der Waals surface area contributed by atoms with Gasteiger partial charge in [-0.15, -0.1) is 11.8 Å². The van der Waals surface area contributed by atoms with Crippen LogP contribution in [0.5, 0.6) is 0 Å². The zero-order valence-electron chi connectivity index (χ0n) is 25.0. The Balaban J connectivity index is 1.35. The summed E-state index contributed by atoms with van der Waals surface area (Å²) in [6.45, 7) is 1.49. The standard InChI is InChI=1S/C38H31N3O4S/c1-26(42)28-20-22-31(23-21-28)39-38(45)35(29-14-7-3-8-15-29)46-33-19-11-18-32(25-33)40-37(44)34(24-27-12-5-2-6-13-27)41-36(43)30-16-9-4-10-17-30/h2-25,35H,1H3,(H,39,45)(H,40,44)(H,41,43)/b34-24-. The number of hydrogen-bond acceptors (Lipinski definition) is 5. The summed E-state index contributed by atoms with van der Waals surface area (Å²) in [5.74, 6) is -1.20. The lowest BCUT2D eigenvalue weighted by molar-refractivity contribution is -0.116. The summed E-state index contributed by atoms with van der Waals surface area (Å²) in [5.41, 5.74) is 3.69. The largest absolute Gasteiger partial charge is 0.325 e. The van der Waals surface area contributed by atoms with Crippen LogP contribution < -0.4 is 16.0 Å². The first-order valence-electron chi connectivity index (χ1n) is 14.5. The Hall–Kier alpha value is -5.73. The van der Waals surface area contributed by atoms with Crippen LogP contribution in [-0.4, -0.2) is 23.5 Å². The van der Waals surface area contributed by atoms with Gasteiger partial charge in [0, 0.05) is 27.4 Å². The Morgan fingerprint density at radius 3 is 1.91 bits per heavy atom. The highest BCUT2D eigenvalue weighted by Gasteiger charge is 2.23. The van der Waals surface area contributed by atoms with Crippen molar-refractivity contribution in [1.29, 1.82) is 0 Å². The summed E-state index contributed by atoms with van der Waals surface area (Å²) < 4.78 is 0. The fraction of sp³-hybridized carbons (Fsp3) is 0.0526. The molecule has 0 saturated heterocycles. The SMILES string of the molecule is CC(=O)c1ccc(NC(=O)C(Sc2cccc(NC(=O)/C(=C/c3ccccc3)NC(=O)c3ccccc3)c2)c2ccccc2)cc1. The Labute approximate surface area is 271 Å². The predicted octanol–water partition coefficient (Wildman–Crippen LogP) is 7.77. The van der Waals surface area contributed by atoms with Gasteiger partial charge in [-0.3, -0.25) is 19.2 Å². The van der Waals surface area contributed by atoms with Crippen molar-refractivity contribution in [2.75, 3.05) is 10.6 Å². The third-order valence-electron chi connectivity index (χ3n) is 6.88. The van der Waals surface area contributed by atoms with E-state index >= 15 is 0 Å². The minimum Gasteiger partial charge on any atom is -0.325 e. The number of nitrogens with one attached hydrogen (secondary N) is 3. The molecule has 1 atom stereocenters. The lowest BCUT2D eigenvalue weighted by atomic mass is 10.1. The van der Waals surface area contributed by atoms with E-state index in [0.717, 1.165) is 16.0 Å². The van der Waals surface area contributed by atoms with Crippen molar-refractivity contribution in [2.45, 2.75) is 17.1 Å². The molecule has 3 amide bonds. The van der Waals surface area contributed by atoms with Crippen molar-refractivity contribution < 1.29 is 19.2 Å². The lowest BCUT2D eigenvalue weighted by Crippen LogP contribution is -2.30. The molecule has 8 heteroatoms. The monoisotopic (exact) mass is 625 g/mol. The average Bonchev–Trinajstić information content (AvgIpc) is 3.08. The van der Waals surface area contributed by atoms with Crippen molar-refractivity contribution in [3.63, 3.8) is 0 Å². The van der Waals surface area contributed by atoms with Gasteiger partial charge in [0.05, 0.1) is 0 Å². The predicted molar refractivity (Wildman–Crippen MR) is 184 cm³/mol. The average molecular weight is 626 g/mol. The zero-order valence-corrected chi connectivity index (χ0v) is 25.8. The van der Waals surface area contributed by atoms with Crippen molar-refractivity contribution >= 4 is 52.7 Å². The fourth-order valence-corrected chi connectivity index (χ4v) is 5.62. The van der Waals surface area contributed by atoms with E-state index in [9.17, 15) is 19.2 Å². The molecular weight excluding hydrogens is 595 g/mol. The molecule has 0 spiro atoms. The molecular formula is C38H31N3O4S. The van der Waals surface area contributed by atoms with Gasteiger partial charge in [0.15, 0.2) is 5.78 Å². The van der Waals surface area contributed by atoms with E-state index in [-0.39, 0.29) is 17.4 Å². The number of benzene rings is 5. The molecule has 7 nitrogen and oxygen atoms in total. The summed E-state index contributed by atoms with van der Waals surface area (Å²) >= 11 is 1.34. The van der Waals surface area contributed by atoms with Gasteiger partial charge in [0.25, 0.3) is 11.8 Å². The molecule has 0 aliphatic carbocycles. The number of Topliss-reactive ketones (excluding diaryl/α,β-unsaturated/α-hetero) is 1. The molecule has 5 rings (SSSR count). The van der Waals surface area contributed by atoms with E-state index in [1.165, 1.54) is 18.7 Å². The van der Waals surface area contributed by atoms with E-state index in [2.05, 4.69) is 16.0 Å². The van der Waals surface area contributed by atoms with Gasteiger partial charge in [-0.05, 0) is 78.7 Å². The lowest BCUT2D eigenvalue weighted by Gasteiger charge is -2.18. The zero-order chi connectivity index (χ0) is 32.3. The Kier molecular flexibility index (Phi) is 10.6. The Morgan fingerprint density at radius 1 is 0.630 bits per heavy atom. The summed E-state index contributed by atoms with van der Waals surface area (Å²) in [7, 11) is 0. The van der Waals surface area contributed by atoms with Crippen LogP contribution in [0, 0.1) is 0 Å². The van der Waals surface area contributed by atoms with Gasteiger partial charge in [-0.2, -0.15) is 0 Å². The molecule has 5 aromatic rings. The van der Waals surface area contributed by atoms with E-state index < -0.39 is 17.1 Å². The van der Waals surface area contributed by atoms with Crippen LogP contribution in [0.15, 0.2) is 150 Å². The number of carbonyl (C=O) groups excluding carboxylic acids is 4. The smallest absolute Gasteiger partial charge is 0.272 e. The van der Waals surface area contributed by atoms with Gasteiger partial charge >= 0.3 is 0 Å². The number of ketones is 1. The normalized spacial score (nSPS) is 11.6. The van der Waals surface area contributed by atoms with Crippen molar-refractivity contribution in [2.24, 2.45) is 0 Å². The first kappa shape index (κ1) is 31.7. The molecule has 5 aromatic carbocycles. The quantitative estimate of drug-likeness (QED) is 0.0790. The Morgan fingerprint density at radius 2 is 1.26 bits per heavy atom. The van der Waals surface area contributed by atoms with Crippen LogP contribution in [0.1, 0.15) is 44.0 Å². The molecule has 0 bridgehead atoms. The highest BCUT2D eigenvalue weighted by atomic mass is 32.2. The van der Waals surface area contributed by atoms with Gasteiger partial charge in [0.2, 0.25) is 5.91 Å². The van der Waals surface area contributed by atoms with Crippen molar-refractivity contribution in [1.82, 2.24) is 5.32 Å². The maximum atomic E-state index is 13.6. The minimum absolute atomic E-state index is 0.0520. The second-order valence-electron chi connectivity index (χ2n) is 10.3. The van der Waals surface area contributed by atoms with Gasteiger partial charge in [0.1, 0.15) is 10.9 Å². The summed E-state index contributed by atoms with van der Waals surface area (Å²) in [6.07, 6.45) is 1.62. The number of carbonyl (C=O) groups is 4. The van der Waals surface area contributed by atoms with Gasteiger partial charge in [-0.25, -0.2) is 0 Å². The van der Waals surface area contributed by atoms with Crippen molar-refractivity contribution in [3.05, 3.63) is 167 Å². The minimum atomic E-state index is -0.613. The second-order valence-corrected chi connectivity index (χ2v) is 11.5. The Bertz CT molecular complexity index is 1860. The van der Waals surface area contributed by atoms with E-state index in [1.54, 1.807) is 72.8 Å². The molecule has 3 N–H and O–H groups in total. The highest BCUT2D eigenvalue weighted by molar-refractivity contribution is 8.00. The number of anilines is 2. The molecule has 0 radical (unpaired) electrons. The van der Waals surface area contributed by atoms with Crippen LogP contribution in [0.25, 0.3) is 6.08 Å². The molecule has 1 unspecified atom stereocenters. The molecule has 0 aliphatic rings. The van der Waals surface area contributed by atoms with Crippen LogP contribution >= 0.6 is 11.8 Å². The van der Waals surface area contributed by atoms with Gasteiger partial charge in [-0.1, -0.05) is 84.9 Å². The third-order valence-corrected chi connectivity index (χ3v) is 8.13. The third kappa shape index (κ3) is 8.68. The summed E-state index contributed by atoms with van der Waals surface area (Å²) in [4.78, 5) is 52.5. The van der Waals surface area contributed by atoms with Crippen LogP contribution in [0.2, 0.25) is 0 Å². The number of rotatable bonds is 11. The fourth-order valence-electron chi connectivity index (χ4n) is 4.54. The number of hydrogen-bond donors (Lipinski definition) is 3. The number of amides is 3. The summed E-state index contributed by atoms with van der Waals surface area (Å²) in [6, 6.07) is 41.3. The first-order valence-corrected chi connectivity index (χ1v) is 15.4. The van der Waals surface area contributed by atoms with Crippen LogP contribution in [-0.2, 0) is 9.59 Å². The number of thioether (sulfide) groups is 1. The highest BCUT2D eigenvalue weighted by Crippen LogP contribution is 2.37. The maximum Gasteiger partial charge on any atom is 0.272 e. The van der Waals surface area contributed by atoms with E-state index in [1.807, 2.05) is 72.8 Å². The maximum absolute atomic E-state index is 13.6. The molecule has 0 fully saturated rings. The molecule has 46 heavy (non-hydrogen) atoms. The van der Waals surface area contributed by atoms with E-state index in [4.69, 9.17) is 0 Å². The molecule has 0 heterocycles. The van der Waals surface area contributed by atoms with Crippen LogP contribution in [0.3, 0.4) is 0 Å². The molecule has 0 aliphatic heterocycles. The van der Waals surface area contributed by atoms with Gasteiger partial charge < -0.3 is 16.0 Å². The van der Waals surface area contributed by atoms with Crippen molar-refractivity contribution in [3.8, 4) is 0 Å². The molecule has 0 aromatic heterocycles. The molecule has 0 saturated carbocycles.